The SMILES string of the molecule is COc1ccc(C[C@@H]2CN(C(=O)c3cc(C)oc3C)CC[C@H]2OC)cc1. The summed E-state index contributed by atoms with van der Waals surface area (Å²) in [4.78, 5) is 14.9. The van der Waals surface area contributed by atoms with Gasteiger partial charge in [0, 0.05) is 26.1 Å². The van der Waals surface area contributed by atoms with Crippen molar-refractivity contribution in [3.05, 3.63) is 53.0 Å². The molecule has 5 nitrogen and oxygen atoms in total. The second-order valence-corrected chi connectivity index (χ2v) is 6.95. The summed E-state index contributed by atoms with van der Waals surface area (Å²) >= 11 is 0. The lowest BCUT2D eigenvalue weighted by Gasteiger charge is -2.38. The lowest BCUT2D eigenvalue weighted by Crippen LogP contribution is -2.47. The van der Waals surface area contributed by atoms with Crippen molar-refractivity contribution in [2.45, 2.75) is 32.8 Å². The topological polar surface area (TPSA) is 51.9 Å². The minimum absolute atomic E-state index is 0.0497. The molecule has 5 heteroatoms. The van der Waals surface area contributed by atoms with Crippen LogP contribution in [-0.2, 0) is 11.2 Å². The summed E-state index contributed by atoms with van der Waals surface area (Å²) < 4.78 is 16.5. The van der Waals surface area contributed by atoms with Gasteiger partial charge in [0.2, 0.25) is 0 Å². The van der Waals surface area contributed by atoms with Crippen LogP contribution in [0.4, 0.5) is 0 Å². The lowest BCUT2D eigenvalue weighted by molar-refractivity contribution is -0.00304. The van der Waals surface area contributed by atoms with Gasteiger partial charge < -0.3 is 18.8 Å². The number of rotatable bonds is 5. The summed E-state index contributed by atoms with van der Waals surface area (Å²) in [5.41, 5.74) is 1.89. The van der Waals surface area contributed by atoms with Crippen LogP contribution in [0, 0.1) is 19.8 Å². The molecule has 2 aromatic rings. The number of aryl methyl sites for hydroxylation is 2. The Labute approximate surface area is 154 Å². The molecule has 140 valence electrons. The summed E-state index contributed by atoms with van der Waals surface area (Å²) in [7, 11) is 3.42. The molecular formula is C21H27NO4. The third kappa shape index (κ3) is 3.93. The van der Waals surface area contributed by atoms with Gasteiger partial charge in [-0.3, -0.25) is 4.79 Å². The standard InChI is InChI=1S/C21H27NO4/c1-14-11-19(15(2)26-14)21(23)22-10-9-20(25-4)17(13-22)12-16-5-7-18(24-3)8-6-16/h5-8,11,17,20H,9-10,12-13H2,1-4H3/t17-,20-/m1/s1. The Hall–Kier alpha value is -2.27. The van der Waals surface area contributed by atoms with Crippen molar-refractivity contribution in [2.24, 2.45) is 5.92 Å². The molecule has 1 amide bonds. The third-order valence-corrected chi connectivity index (χ3v) is 5.18. The molecule has 1 aromatic heterocycles. The van der Waals surface area contributed by atoms with Crippen LogP contribution >= 0.6 is 0 Å². The molecule has 1 aliphatic rings. The van der Waals surface area contributed by atoms with Crippen molar-refractivity contribution in [1.29, 1.82) is 0 Å². The zero-order valence-electron chi connectivity index (χ0n) is 16.0. The number of furan rings is 1. The fourth-order valence-corrected chi connectivity index (χ4v) is 3.78. The molecule has 3 rings (SSSR count). The molecule has 1 saturated heterocycles. The summed E-state index contributed by atoms with van der Waals surface area (Å²) in [6, 6.07) is 9.94. The van der Waals surface area contributed by atoms with Gasteiger partial charge in [0.05, 0.1) is 18.8 Å². The number of benzene rings is 1. The Balaban J connectivity index is 1.73. The van der Waals surface area contributed by atoms with E-state index in [-0.39, 0.29) is 17.9 Å². The summed E-state index contributed by atoms with van der Waals surface area (Å²) in [6.07, 6.45) is 1.88. The molecule has 0 unspecified atom stereocenters. The maximum Gasteiger partial charge on any atom is 0.257 e. The van der Waals surface area contributed by atoms with Gasteiger partial charge >= 0.3 is 0 Å². The van der Waals surface area contributed by atoms with Gasteiger partial charge in [-0.05, 0) is 50.5 Å². The maximum atomic E-state index is 12.9. The number of amides is 1. The average Bonchev–Trinajstić information content (AvgIpc) is 3.00. The first kappa shape index (κ1) is 18.5. The van der Waals surface area contributed by atoms with Gasteiger partial charge in [0.25, 0.3) is 5.91 Å². The van der Waals surface area contributed by atoms with Gasteiger partial charge in [0.15, 0.2) is 0 Å². The molecule has 26 heavy (non-hydrogen) atoms. The van der Waals surface area contributed by atoms with Gasteiger partial charge in [-0.1, -0.05) is 12.1 Å². The average molecular weight is 357 g/mol. The van der Waals surface area contributed by atoms with E-state index in [0.29, 0.717) is 24.4 Å². The summed E-state index contributed by atoms with van der Waals surface area (Å²) in [6.45, 7) is 5.11. The van der Waals surface area contributed by atoms with Crippen LogP contribution < -0.4 is 4.74 Å². The lowest BCUT2D eigenvalue weighted by atomic mass is 9.88. The van der Waals surface area contributed by atoms with Gasteiger partial charge in [0.1, 0.15) is 17.3 Å². The first-order chi connectivity index (χ1) is 12.5. The van der Waals surface area contributed by atoms with E-state index in [4.69, 9.17) is 13.9 Å². The number of hydrogen-bond acceptors (Lipinski definition) is 4. The number of hydrogen-bond donors (Lipinski definition) is 0. The van der Waals surface area contributed by atoms with Crippen LogP contribution in [0.1, 0.15) is 33.9 Å². The Morgan fingerprint density at radius 3 is 2.54 bits per heavy atom. The van der Waals surface area contributed by atoms with Crippen LogP contribution in [0.15, 0.2) is 34.7 Å². The summed E-state index contributed by atoms with van der Waals surface area (Å²) in [5, 5.41) is 0. The van der Waals surface area contributed by atoms with Crippen molar-refractivity contribution in [3.63, 3.8) is 0 Å². The molecule has 1 aromatic carbocycles. The van der Waals surface area contributed by atoms with Crippen molar-refractivity contribution < 1.29 is 18.7 Å². The Morgan fingerprint density at radius 2 is 1.96 bits per heavy atom. The zero-order valence-corrected chi connectivity index (χ0v) is 16.0. The highest BCUT2D eigenvalue weighted by Gasteiger charge is 2.33. The fourth-order valence-electron chi connectivity index (χ4n) is 3.78. The quantitative estimate of drug-likeness (QED) is 0.820. The largest absolute Gasteiger partial charge is 0.497 e. The zero-order chi connectivity index (χ0) is 18.7. The monoisotopic (exact) mass is 357 g/mol. The molecular weight excluding hydrogens is 330 g/mol. The molecule has 0 aliphatic carbocycles. The van der Waals surface area contributed by atoms with Crippen LogP contribution in [-0.4, -0.2) is 44.2 Å². The number of carbonyl (C=O) groups is 1. The van der Waals surface area contributed by atoms with E-state index in [1.165, 1.54) is 5.56 Å². The third-order valence-electron chi connectivity index (χ3n) is 5.18. The predicted octanol–water partition coefficient (Wildman–Crippen LogP) is 3.62. The Kier molecular flexibility index (Phi) is 5.67. The first-order valence-electron chi connectivity index (χ1n) is 9.04. The maximum absolute atomic E-state index is 12.9. The normalized spacial score (nSPS) is 20.2. The van der Waals surface area contributed by atoms with Crippen molar-refractivity contribution in [3.8, 4) is 5.75 Å². The van der Waals surface area contributed by atoms with Crippen molar-refractivity contribution in [1.82, 2.24) is 4.90 Å². The second-order valence-electron chi connectivity index (χ2n) is 6.95. The molecule has 2 heterocycles. The molecule has 1 aliphatic heterocycles. The van der Waals surface area contributed by atoms with E-state index in [1.54, 1.807) is 14.2 Å². The fraction of sp³-hybridized carbons (Fsp3) is 0.476. The van der Waals surface area contributed by atoms with E-state index in [0.717, 1.165) is 24.4 Å². The van der Waals surface area contributed by atoms with Crippen molar-refractivity contribution >= 4 is 5.91 Å². The predicted molar refractivity (Wildman–Crippen MR) is 99.7 cm³/mol. The molecule has 0 spiro atoms. The van der Waals surface area contributed by atoms with E-state index in [2.05, 4.69) is 12.1 Å². The number of methoxy groups -OCH3 is 2. The highest BCUT2D eigenvalue weighted by atomic mass is 16.5. The number of nitrogens with zero attached hydrogens (tertiary/aromatic N) is 1. The molecule has 0 N–H and O–H groups in total. The van der Waals surface area contributed by atoms with Gasteiger partial charge in [-0.25, -0.2) is 0 Å². The number of ether oxygens (including phenoxy) is 2. The van der Waals surface area contributed by atoms with Crippen molar-refractivity contribution in [2.75, 3.05) is 27.3 Å². The highest BCUT2D eigenvalue weighted by molar-refractivity contribution is 5.95. The number of piperidine rings is 1. The first-order valence-corrected chi connectivity index (χ1v) is 9.04. The molecule has 0 radical (unpaired) electrons. The smallest absolute Gasteiger partial charge is 0.257 e. The van der Waals surface area contributed by atoms with Crippen LogP contribution in [0.3, 0.4) is 0 Å². The van der Waals surface area contributed by atoms with Crippen LogP contribution in [0.2, 0.25) is 0 Å². The number of carbonyl (C=O) groups excluding carboxylic acids is 1. The summed E-state index contributed by atoms with van der Waals surface area (Å²) in [5.74, 6) is 2.62. The van der Waals surface area contributed by atoms with E-state index in [1.807, 2.05) is 36.9 Å². The molecule has 0 bridgehead atoms. The van der Waals surface area contributed by atoms with Gasteiger partial charge in [-0.2, -0.15) is 0 Å². The van der Waals surface area contributed by atoms with Gasteiger partial charge in [-0.15, -0.1) is 0 Å². The van der Waals surface area contributed by atoms with E-state index < -0.39 is 0 Å². The minimum atomic E-state index is 0.0497. The second kappa shape index (κ2) is 7.96. The highest BCUT2D eigenvalue weighted by Crippen LogP contribution is 2.26. The minimum Gasteiger partial charge on any atom is -0.497 e. The Bertz CT molecular complexity index is 750. The van der Waals surface area contributed by atoms with E-state index >= 15 is 0 Å². The molecule has 1 fully saturated rings. The van der Waals surface area contributed by atoms with Crippen LogP contribution in [0.5, 0.6) is 5.75 Å². The van der Waals surface area contributed by atoms with E-state index in [9.17, 15) is 4.79 Å². The van der Waals surface area contributed by atoms with Crippen LogP contribution in [0.25, 0.3) is 0 Å². The molecule has 2 atom stereocenters. The Morgan fingerprint density at radius 1 is 1.23 bits per heavy atom. The number of likely N-dealkylation sites (tertiary alicyclic amines) is 1. The molecule has 0 saturated carbocycles.